The predicted molar refractivity (Wildman–Crippen MR) is 75.9 cm³/mol. The first-order chi connectivity index (χ1) is 9.70. The molecule has 0 saturated carbocycles. The van der Waals surface area contributed by atoms with E-state index in [0.717, 1.165) is 12.8 Å². The van der Waals surface area contributed by atoms with Crippen molar-refractivity contribution in [3.63, 3.8) is 0 Å². The first-order valence-electron chi connectivity index (χ1n) is 7.03. The third kappa shape index (κ3) is 3.91. The molecule has 6 nitrogen and oxygen atoms in total. The number of hydrogen-bond donors (Lipinski definition) is 0. The lowest BCUT2D eigenvalue weighted by Gasteiger charge is -2.20. The van der Waals surface area contributed by atoms with Crippen LogP contribution in [0.4, 0.5) is 0 Å². The van der Waals surface area contributed by atoms with Crippen molar-refractivity contribution in [3.05, 3.63) is 12.1 Å². The molecule has 1 fully saturated rings. The smallest absolute Gasteiger partial charge is 0.238 e. The molecule has 21 heavy (non-hydrogen) atoms. The number of rotatable bonds is 4. The Morgan fingerprint density at radius 3 is 2.62 bits per heavy atom. The predicted octanol–water partition coefficient (Wildman–Crippen LogP) is 1.88. The summed E-state index contributed by atoms with van der Waals surface area (Å²) >= 11 is 0. The van der Waals surface area contributed by atoms with Crippen LogP contribution >= 0.6 is 0 Å². The molecule has 1 unspecified atom stereocenters. The van der Waals surface area contributed by atoms with Crippen LogP contribution in [-0.4, -0.2) is 37.6 Å². The first kappa shape index (κ1) is 16.2. The Morgan fingerprint density at radius 2 is 2.10 bits per heavy atom. The lowest BCUT2D eigenvalue weighted by atomic mass is 9.97. The summed E-state index contributed by atoms with van der Waals surface area (Å²) in [6.07, 6.45) is 2.93. The van der Waals surface area contributed by atoms with E-state index in [2.05, 4.69) is 4.98 Å². The van der Waals surface area contributed by atoms with Crippen molar-refractivity contribution < 1.29 is 22.4 Å². The van der Waals surface area contributed by atoms with Crippen molar-refractivity contribution in [2.24, 2.45) is 0 Å². The minimum absolute atomic E-state index is 0.253. The van der Waals surface area contributed by atoms with Crippen molar-refractivity contribution >= 4 is 15.6 Å². The number of carbonyl (C=O) groups excluding carboxylic acids is 1. The van der Waals surface area contributed by atoms with E-state index >= 15 is 0 Å². The SMILES string of the molecule is CC(C)(C)c1ncc(S(=O)(=O)CC(=O)C2CCCCO2)o1. The Bertz CT molecular complexity index is 606. The summed E-state index contributed by atoms with van der Waals surface area (Å²) in [6, 6.07) is 0. The number of ether oxygens (including phenoxy) is 1. The lowest BCUT2D eigenvalue weighted by Crippen LogP contribution is -2.33. The maximum atomic E-state index is 12.2. The number of nitrogens with zero attached hydrogens (tertiary/aromatic N) is 1. The van der Waals surface area contributed by atoms with Crippen LogP contribution in [0, 0.1) is 0 Å². The van der Waals surface area contributed by atoms with Crippen LogP contribution in [-0.2, 0) is 24.8 Å². The Morgan fingerprint density at radius 1 is 1.38 bits per heavy atom. The molecule has 1 aromatic heterocycles. The molecule has 2 heterocycles. The van der Waals surface area contributed by atoms with Gasteiger partial charge in [0, 0.05) is 12.0 Å². The second-order valence-corrected chi connectivity index (χ2v) is 8.24. The van der Waals surface area contributed by atoms with Gasteiger partial charge < -0.3 is 9.15 Å². The summed E-state index contributed by atoms with van der Waals surface area (Å²) in [5.74, 6) is -0.679. The molecule has 0 bridgehead atoms. The molecular formula is C14H21NO5S. The number of ketones is 1. The van der Waals surface area contributed by atoms with Gasteiger partial charge in [0.15, 0.2) is 5.78 Å². The van der Waals surface area contributed by atoms with Gasteiger partial charge in [-0.2, -0.15) is 0 Å². The highest BCUT2D eigenvalue weighted by molar-refractivity contribution is 7.92. The van der Waals surface area contributed by atoms with Gasteiger partial charge >= 0.3 is 0 Å². The minimum atomic E-state index is -3.81. The molecule has 1 aromatic rings. The quantitative estimate of drug-likeness (QED) is 0.843. The molecule has 2 rings (SSSR count). The van der Waals surface area contributed by atoms with Gasteiger partial charge in [0.2, 0.25) is 20.8 Å². The summed E-state index contributed by atoms with van der Waals surface area (Å²) in [5, 5.41) is -0.253. The molecule has 0 radical (unpaired) electrons. The number of oxazole rings is 1. The van der Waals surface area contributed by atoms with E-state index in [1.54, 1.807) is 0 Å². The van der Waals surface area contributed by atoms with Gasteiger partial charge in [-0.15, -0.1) is 0 Å². The molecule has 1 aliphatic rings. The van der Waals surface area contributed by atoms with Crippen LogP contribution in [0.25, 0.3) is 0 Å². The van der Waals surface area contributed by atoms with E-state index < -0.39 is 27.5 Å². The second-order valence-electron chi connectivity index (χ2n) is 6.32. The van der Waals surface area contributed by atoms with E-state index in [9.17, 15) is 13.2 Å². The molecule has 118 valence electrons. The highest BCUT2D eigenvalue weighted by Gasteiger charge is 2.31. The van der Waals surface area contributed by atoms with Crippen LogP contribution in [0.1, 0.15) is 45.9 Å². The minimum Gasteiger partial charge on any atom is -0.429 e. The summed E-state index contributed by atoms with van der Waals surface area (Å²) in [6.45, 7) is 6.12. The zero-order valence-electron chi connectivity index (χ0n) is 12.6. The zero-order valence-corrected chi connectivity index (χ0v) is 13.4. The van der Waals surface area contributed by atoms with Gasteiger partial charge in [0.1, 0.15) is 11.9 Å². The normalized spacial score (nSPS) is 20.4. The highest BCUT2D eigenvalue weighted by Crippen LogP contribution is 2.24. The lowest BCUT2D eigenvalue weighted by molar-refractivity contribution is -0.130. The average Bonchev–Trinajstić information content (AvgIpc) is 2.89. The number of aromatic nitrogens is 1. The van der Waals surface area contributed by atoms with E-state index in [0.29, 0.717) is 18.9 Å². The van der Waals surface area contributed by atoms with Gasteiger partial charge in [-0.05, 0) is 19.3 Å². The fourth-order valence-corrected chi connectivity index (χ4v) is 3.22. The van der Waals surface area contributed by atoms with E-state index in [1.165, 1.54) is 6.20 Å². The maximum Gasteiger partial charge on any atom is 0.238 e. The van der Waals surface area contributed by atoms with Crippen LogP contribution in [0.5, 0.6) is 0 Å². The number of hydrogen-bond acceptors (Lipinski definition) is 6. The van der Waals surface area contributed by atoms with Crippen LogP contribution in [0.2, 0.25) is 0 Å². The monoisotopic (exact) mass is 315 g/mol. The standard InChI is InChI=1S/C14H21NO5S/c1-14(2,3)13-15-8-12(20-13)21(17,18)9-10(16)11-6-4-5-7-19-11/h8,11H,4-7,9H2,1-3H3. The molecule has 0 aliphatic carbocycles. The van der Waals surface area contributed by atoms with Crippen molar-refractivity contribution in [1.82, 2.24) is 4.98 Å². The highest BCUT2D eigenvalue weighted by atomic mass is 32.2. The summed E-state index contributed by atoms with van der Waals surface area (Å²) < 4.78 is 35.1. The summed E-state index contributed by atoms with van der Waals surface area (Å²) in [4.78, 5) is 16.0. The number of sulfone groups is 1. The molecule has 0 N–H and O–H groups in total. The van der Waals surface area contributed by atoms with E-state index in [-0.39, 0.29) is 10.5 Å². The second kappa shape index (κ2) is 5.88. The fourth-order valence-electron chi connectivity index (χ4n) is 2.10. The van der Waals surface area contributed by atoms with Crippen molar-refractivity contribution in [1.29, 1.82) is 0 Å². The molecular weight excluding hydrogens is 294 g/mol. The number of Topliss-reactive ketones (excluding diaryl/α,β-unsaturated/α-hetero) is 1. The molecule has 0 spiro atoms. The molecule has 0 amide bonds. The Kier molecular flexibility index (Phi) is 4.53. The van der Waals surface area contributed by atoms with Gasteiger partial charge in [-0.3, -0.25) is 4.79 Å². The van der Waals surface area contributed by atoms with E-state index in [4.69, 9.17) is 9.15 Å². The average molecular weight is 315 g/mol. The van der Waals surface area contributed by atoms with Crippen molar-refractivity contribution in [2.75, 3.05) is 12.4 Å². The third-order valence-corrected chi connectivity index (χ3v) is 4.77. The molecule has 0 aromatic carbocycles. The summed E-state index contributed by atoms with van der Waals surface area (Å²) in [5.41, 5.74) is -0.385. The Hall–Kier alpha value is -1.21. The molecule has 1 saturated heterocycles. The van der Waals surface area contributed by atoms with Gasteiger partial charge in [-0.25, -0.2) is 13.4 Å². The molecule has 1 atom stereocenters. The van der Waals surface area contributed by atoms with Gasteiger partial charge in [0.25, 0.3) is 0 Å². The zero-order chi connectivity index (χ0) is 15.7. The van der Waals surface area contributed by atoms with Gasteiger partial charge in [-0.1, -0.05) is 20.8 Å². The van der Waals surface area contributed by atoms with Crippen LogP contribution in [0.3, 0.4) is 0 Å². The van der Waals surface area contributed by atoms with Crippen LogP contribution < -0.4 is 0 Å². The molecule has 1 aliphatic heterocycles. The molecule has 7 heteroatoms. The summed E-state index contributed by atoms with van der Waals surface area (Å²) in [7, 11) is -3.81. The van der Waals surface area contributed by atoms with Crippen molar-refractivity contribution in [2.45, 2.75) is 56.6 Å². The Balaban J connectivity index is 2.11. The van der Waals surface area contributed by atoms with E-state index in [1.807, 2.05) is 20.8 Å². The topological polar surface area (TPSA) is 86.5 Å². The fraction of sp³-hybridized carbons (Fsp3) is 0.714. The maximum absolute atomic E-state index is 12.2. The largest absolute Gasteiger partial charge is 0.429 e. The first-order valence-corrected chi connectivity index (χ1v) is 8.69. The third-order valence-electron chi connectivity index (χ3n) is 3.30. The van der Waals surface area contributed by atoms with Gasteiger partial charge in [0.05, 0.1) is 6.20 Å². The number of carbonyl (C=O) groups is 1. The van der Waals surface area contributed by atoms with Crippen molar-refractivity contribution in [3.8, 4) is 0 Å². The Labute approximate surface area is 124 Å². The van der Waals surface area contributed by atoms with Crippen LogP contribution in [0.15, 0.2) is 15.7 Å².